The molecule has 1 aromatic heterocycles. The zero-order valence-electron chi connectivity index (χ0n) is 12.8. The first kappa shape index (κ1) is 16.5. The highest BCUT2D eigenvalue weighted by Crippen LogP contribution is 2.28. The second-order valence-corrected chi connectivity index (χ2v) is 7.57. The molecular weight excluding hydrogens is 290 g/mol. The van der Waals surface area contributed by atoms with Crippen molar-refractivity contribution >= 4 is 10.0 Å². The van der Waals surface area contributed by atoms with Crippen LogP contribution in [-0.4, -0.2) is 20.1 Å². The molecular formula is C15H25NO4S. The summed E-state index contributed by atoms with van der Waals surface area (Å²) in [5, 5.41) is 9.35. The Hall–Kier alpha value is -0.850. The van der Waals surface area contributed by atoms with Crippen molar-refractivity contribution in [3.05, 3.63) is 17.1 Å². The maximum atomic E-state index is 12.4. The van der Waals surface area contributed by atoms with Gasteiger partial charge in [-0.2, -0.15) is 0 Å². The van der Waals surface area contributed by atoms with E-state index in [0.29, 0.717) is 29.5 Å². The van der Waals surface area contributed by atoms with Crippen LogP contribution in [-0.2, 0) is 16.6 Å². The summed E-state index contributed by atoms with van der Waals surface area (Å²) < 4.78 is 32.8. The average molecular weight is 315 g/mol. The molecule has 0 atom stereocenters. The maximum Gasteiger partial charge on any atom is 0.244 e. The smallest absolute Gasteiger partial charge is 0.244 e. The van der Waals surface area contributed by atoms with Gasteiger partial charge in [-0.1, -0.05) is 32.1 Å². The molecule has 0 radical (unpaired) electrons. The molecule has 6 heteroatoms. The predicted octanol–water partition coefficient (Wildman–Crippen LogP) is 2.64. The summed E-state index contributed by atoms with van der Waals surface area (Å²) in [5.41, 5.74) is 0.359. The van der Waals surface area contributed by atoms with E-state index in [1.807, 2.05) is 0 Å². The molecule has 5 nitrogen and oxygen atoms in total. The quantitative estimate of drug-likeness (QED) is 0.846. The molecule has 2 rings (SSSR count). The van der Waals surface area contributed by atoms with Crippen molar-refractivity contribution in [1.29, 1.82) is 0 Å². The maximum absolute atomic E-state index is 12.4. The van der Waals surface area contributed by atoms with E-state index in [0.717, 1.165) is 6.42 Å². The Kier molecular flexibility index (Phi) is 5.46. The Bertz CT molecular complexity index is 571. The lowest BCUT2D eigenvalue weighted by Crippen LogP contribution is -2.27. The Balaban J connectivity index is 2.01. The Labute approximate surface area is 126 Å². The van der Waals surface area contributed by atoms with Gasteiger partial charge in [0.25, 0.3) is 0 Å². The van der Waals surface area contributed by atoms with Gasteiger partial charge in [-0.15, -0.1) is 0 Å². The zero-order chi connectivity index (χ0) is 15.5. The van der Waals surface area contributed by atoms with E-state index >= 15 is 0 Å². The monoisotopic (exact) mass is 315 g/mol. The van der Waals surface area contributed by atoms with E-state index in [2.05, 4.69) is 4.72 Å². The van der Waals surface area contributed by atoms with Crippen LogP contribution in [0.5, 0.6) is 0 Å². The fourth-order valence-corrected chi connectivity index (χ4v) is 4.67. The van der Waals surface area contributed by atoms with Gasteiger partial charge in [0.2, 0.25) is 10.0 Å². The van der Waals surface area contributed by atoms with Crippen LogP contribution in [0.3, 0.4) is 0 Å². The third-order valence-electron chi connectivity index (χ3n) is 4.32. The average Bonchev–Trinajstić information content (AvgIpc) is 2.74. The number of nitrogens with one attached hydrogen (secondary N) is 1. The van der Waals surface area contributed by atoms with Crippen LogP contribution >= 0.6 is 0 Å². The molecule has 1 fully saturated rings. The fourth-order valence-electron chi connectivity index (χ4n) is 3.19. The van der Waals surface area contributed by atoms with Gasteiger partial charge in [0.15, 0.2) is 0 Å². The first-order chi connectivity index (χ1) is 9.95. The van der Waals surface area contributed by atoms with Gasteiger partial charge in [0.05, 0.1) is 6.61 Å². The fraction of sp³-hybridized carbons (Fsp3) is 0.733. The van der Waals surface area contributed by atoms with Gasteiger partial charge in [-0.25, -0.2) is 13.1 Å². The van der Waals surface area contributed by atoms with Crippen molar-refractivity contribution in [1.82, 2.24) is 4.72 Å². The number of hydrogen-bond acceptors (Lipinski definition) is 4. The molecule has 1 aliphatic rings. The van der Waals surface area contributed by atoms with Crippen molar-refractivity contribution in [2.45, 2.75) is 63.9 Å². The molecule has 0 unspecified atom stereocenters. The van der Waals surface area contributed by atoms with Crippen molar-refractivity contribution in [2.24, 2.45) is 5.92 Å². The summed E-state index contributed by atoms with van der Waals surface area (Å²) >= 11 is 0. The number of aliphatic hydroxyl groups excluding tert-OH is 1. The van der Waals surface area contributed by atoms with Gasteiger partial charge in [0.1, 0.15) is 16.4 Å². The van der Waals surface area contributed by atoms with Crippen molar-refractivity contribution in [3.8, 4) is 0 Å². The van der Waals surface area contributed by atoms with Crippen LogP contribution in [0, 0.1) is 19.8 Å². The number of aliphatic hydroxyl groups is 1. The van der Waals surface area contributed by atoms with Gasteiger partial charge < -0.3 is 9.52 Å². The van der Waals surface area contributed by atoms with Crippen LogP contribution in [0.2, 0.25) is 0 Å². The molecule has 0 aromatic carbocycles. The molecule has 1 aliphatic carbocycles. The standard InChI is InChI=1S/C15H25NO4S/c1-11-14(10-17)15(12(2)20-11)21(18,19)16-9-8-13-6-4-3-5-7-13/h13,16-17H,3-10H2,1-2H3. The van der Waals surface area contributed by atoms with Crippen molar-refractivity contribution in [2.75, 3.05) is 6.54 Å². The Morgan fingerprint density at radius 2 is 1.86 bits per heavy atom. The van der Waals surface area contributed by atoms with Crippen molar-refractivity contribution < 1.29 is 17.9 Å². The number of hydrogen-bond donors (Lipinski definition) is 2. The Morgan fingerprint density at radius 1 is 1.19 bits per heavy atom. The second kappa shape index (κ2) is 6.94. The van der Waals surface area contributed by atoms with Gasteiger partial charge >= 0.3 is 0 Å². The molecule has 0 bridgehead atoms. The largest absolute Gasteiger partial charge is 0.465 e. The van der Waals surface area contributed by atoms with Gasteiger partial charge in [-0.3, -0.25) is 0 Å². The third kappa shape index (κ3) is 3.87. The molecule has 120 valence electrons. The van der Waals surface area contributed by atoms with E-state index in [9.17, 15) is 13.5 Å². The normalized spacial score (nSPS) is 17.3. The van der Waals surface area contributed by atoms with Gasteiger partial charge in [0, 0.05) is 12.1 Å². The minimum absolute atomic E-state index is 0.103. The van der Waals surface area contributed by atoms with Crippen LogP contribution in [0.25, 0.3) is 0 Å². The number of sulfonamides is 1. The van der Waals surface area contributed by atoms with Crippen molar-refractivity contribution in [3.63, 3.8) is 0 Å². The van der Waals surface area contributed by atoms with Gasteiger partial charge in [-0.05, 0) is 26.2 Å². The summed E-state index contributed by atoms with van der Waals surface area (Å²) in [4.78, 5) is 0.103. The number of furan rings is 1. The zero-order valence-corrected chi connectivity index (χ0v) is 13.6. The molecule has 1 heterocycles. The Morgan fingerprint density at radius 3 is 2.48 bits per heavy atom. The molecule has 0 spiro atoms. The molecule has 0 saturated heterocycles. The van der Waals surface area contributed by atoms with E-state index in [1.54, 1.807) is 13.8 Å². The summed E-state index contributed by atoms with van der Waals surface area (Å²) in [6.45, 7) is 3.39. The molecule has 2 N–H and O–H groups in total. The SMILES string of the molecule is Cc1oc(C)c(S(=O)(=O)NCCC2CCCCC2)c1CO. The number of rotatable bonds is 6. The predicted molar refractivity (Wildman–Crippen MR) is 80.5 cm³/mol. The van der Waals surface area contributed by atoms with Crippen LogP contribution in [0.4, 0.5) is 0 Å². The van der Waals surface area contributed by atoms with E-state index < -0.39 is 10.0 Å². The topological polar surface area (TPSA) is 79.5 Å². The minimum atomic E-state index is -3.62. The van der Waals surface area contributed by atoms with E-state index in [-0.39, 0.29) is 11.5 Å². The highest BCUT2D eigenvalue weighted by molar-refractivity contribution is 7.89. The molecule has 21 heavy (non-hydrogen) atoms. The molecule has 0 aliphatic heterocycles. The lowest BCUT2D eigenvalue weighted by atomic mass is 9.87. The third-order valence-corrected chi connectivity index (χ3v) is 5.98. The molecule has 1 saturated carbocycles. The highest BCUT2D eigenvalue weighted by Gasteiger charge is 2.26. The minimum Gasteiger partial charge on any atom is -0.465 e. The lowest BCUT2D eigenvalue weighted by molar-refractivity contribution is 0.276. The lowest BCUT2D eigenvalue weighted by Gasteiger charge is -2.21. The highest BCUT2D eigenvalue weighted by atomic mass is 32.2. The summed E-state index contributed by atoms with van der Waals surface area (Å²) in [6, 6.07) is 0. The van der Waals surface area contributed by atoms with E-state index in [4.69, 9.17) is 4.42 Å². The summed E-state index contributed by atoms with van der Waals surface area (Å²) in [6.07, 6.45) is 7.10. The summed E-state index contributed by atoms with van der Waals surface area (Å²) in [5.74, 6) is 1.43. The van der Waals surface area contributed by atoms with Crippen LogP contribution in [0.1, 0.15) is 55.6 Å². The van der Waals surface area contributed by atoms with Crippen LogP contribution < -0.4 is 4.72 Å². The second-order valence-electron chi connectivity index (χ2n) is 5.87. The summed E-state index contributed by atoms with van der Waals surface area (Å²) in [7, 11) is -3.62. The van der Waals surface area contributed by atoms with Crippen LogP contribution in [0.15, 0.2) is 9.31 Å². The first-order valence-corrected chi connectivity index (χ1v) is 9.13. The molecule has 0 amide bonds. The first-order valence-electron chi connectivity index (χ1n) is 7.65. The number of aryl methyl sites for hydroxylation is 2. The van der Waals surface area contributed by atoms with E-state index in [1.165, 1.54) is 32.1 Å². The molecule has 1 aromatic rings.